The monoisotopic (exact) mass is 377 g/mol. The Bertz CT molecular complexity index is 583. The second-order valence-corrected chi connectivity index (χ2v) is 7.16. The highest BCUT2D eigenvalue weighted by Gasteiger charge is 2.28. The first-order valence-corrected chi connectivity index (χ1v) is 9.76. The molecule has 7 heteroatoms. The highest BCUT2D eigenvalue weighted by Crippen LogP contribution is 2.24. The molecule has 0 radical (unpaired) electrons. The topological polar surface area (TPSA) is 86.0 Å². The first kappa shape index (κ1) is 20.1. The number of hydrogen-bond acceptors (Lipinski definition) is 6. The van der Waals surface area contributed by atoms with E-state index in [0.717, 1.165) is 37.2 Å². The van der Waals surface area contributed by atoms with Crippen molar-refractivity contribution in [1.82, 2.24) is 10.2 Å². The molecule has 0 spiro atoms. The molecular weight excluding hydrogens is 346 g/mol. The van der Waals surface area contributed by atoms with Gasteiger partial charge in [0.1, 0.15) is 5.75 Å². The summed E-state index contributed by atoms with van der Waals surface area (Å²) in [4.78, 5) is 15.0. The molecule has 0 bridgehead atoms. The Labute approximate surface area is 161 Å². The third kappa shape index (κ3) is 5.42. The fraction of sp³-hybridized carbons (Fsp3) is 0.650. The first-order chi connectivity index (χ1) is 13.2. The molecule has 2 heterocycles. The minimum absolute atomic E-state index is 0.0753. The van der Waals surface area contributed by atoms with Crippen LogP contribution in [0.4, 0.5) is 0 Å². The normalized spacial score (nSPS) is 21.4. The number of hydrogen-bond donors (Lipinski definition) is 2. The Morgan fingerprint density at radius 3 is 2.44 bits per heavy atom. The molecule has 2 aliphatic rings. The van der Waals surface area contributed by atoms with Gasteiger partial charge in [-0.15, -0.1) is 0 Å². The van der Waals surface area contributed by atoms with Crippen LogP contribution >= 0.6 is 0 Å². The summed E-state index contributed by atoms with van der Waals surface area (Å²) in [5.74, 6) is 0.945. The number of nitrogens with two attached hydrogens (primary N) is 1. The van der Waals surface area contributed by atoms with E-state index in [1.165, 1.54) is 0 Å². The summed E-state index contributed by atoms with van der Waals surface area (Å²) in [6.07, 6.45) is 1.69. The highest BCUT2D eigenvalue weighted by molar-refractivity contribution is 5.81. The lowest BCUT2D eigenvalue weighted by atomic mass is 9.91. The minimum Gasteiger partial charge on any atom is -0.497 e. The molecule has 1 aromatic rings. The van der Waals surface area contributed by atoms with Crippen LogP contribution in [0.25, 0.3) is 0 Å². The number of morpholine rings is 1. The molecule has 2 unspecified atom stereocenters. The summed E-state index contributed by atoms with van der Waals surface area (Å²) in [5, 5.41) is 3.09. The first-order valence-electron chi connectivity index (χ1n) is 9.76. The van der Waals surface area contributed by atoms with Crippen molar-refractivity contribution >= 4 is 5.91 Å². The van der Waals surface area contributed by atoms with Gasteiger partial charge in [-0.2, -0.15) is 0 Å². The lowest BCUT2D eigenvalue weighted by molar-refractivity contribution is -0.124. The predicted octanol–water partition coefficient (Wildman–Crippen LogP) is 0.939. The number of carbonyl (C=O) groups excluding carboxylic acids is 1. The summed E-state index contributed by atoms with van der Waals surface area (Å²) in [6.45, 7) is 5.02. The standard InChI is InChI=1S/C20H31N3O4/c1-25-17-4-2-15(3-5-17)18(23-8-12-27-13-9-23)14-22-20(24)19(21)16-6-10-26-11-7-16/h2-5,16,18-19H,6-14,21H2,1H3,(H,22,24). The van der Waals surface area contributed by atoms with Crippen LogP contribution in [0.3, 0.4) is 0 Å². The van der Waals surface area contributed by atoms with Gasteiger partial charge in [0.25, 0.3) is 0 Å². The fourth-order valence-corrected chi connectivity index (χ4v) is 3.78. The van der Waals surface area contributed by atoms with E-state index in [4.69, 9.17) is 19.9 Å². The van der Waals surface area contributed by atoms with Crippen molar-refractivity contribution in [3.8, 4) is 5.75 Å². The molecular formula is C20H31N3O4. The second kappa shape index (κ2) is 10.0. The van der Waals surface area contributed by atoms with Crippen molar-refractivity contribution in [3.05, 3.63) is 29.8 Å². The molecule has 3 N–H and O–H groups in total. The van der Waals surface area contributed by atoms with Crippen LogP contribution in [0.15, 0.2) is 24.3 Å². The number of amides is 1. The molecule has 0 saturated carbocycles. The SMILES string of the molecule is COc1ccc(C(CNC(=O)C(N)C2CCOCC2)N2CCOCC2)cc1. The molecule has 2 fully saturated rings. The minimum atomic E-state index is -0.477. The van der Waals surface area contributed by atoms with E-state index in [9.17, 15) is 4.79 Å². The Hall–Kier alpha value is -1.67. The number of ether oxygens (including phenoxy) is 3. The zero-order valence-corrected chi connectivity index (χ0v) is 16.1. The molecule has 1 aromatic carbocycles. The molecule has 0 aliphatic carbocycles. The van der Waals surface area contributed by atoms with Crippen molar-refractivity contribution in [2.45, 2.75) is 24.9 Å². The van der Waals surface area contributed by atoms with E-state index in [2.05, 4.69) is 22.3 Å². The van der Waals surface area contributed by atoms with E-state index < -0.39 is 6.04 Å². The molecule has 1 amide bonds. The van der Waals surface area contributed by atoms with Crippen LogP contribution in [0.1, 0.15) is 24.4 Å². The maximum Gasteiger partial charge on any atom is 0.237 e. The van der Waals surface area contributed by atoms with Gasteiger partial charge in [-0.05, 0) is 36.5 Å². The van der Waals surface area contributed by atoms with Gasteiger partial charge in [-0.3, -0.25) is 9.69 Å². The van der Waals surface area contributed by atoms with Crippen molar-refractivity contribution < 1.29 is 19.0 Å². The summed E-state index contributed by atoms with van der Waals surface area (Å²) >= 11 is 0. The van der Waals surface area contributed by atoms with E-state index >= 15 is 0 Å². The lowest BCUT2D eigenvalue weighted by Crippen LogP contribution is -2.50. The van der Waals surface area contributed by atoms with Crippen LogP contribution < -0.4 is 15.8 Å². The summed E-state index contributed by atoms with van der Waals surface area (Å²) in [5.41, 5.74) is 7.37. The average Bonchev–Trinajstić information content (AvgIpc) is 2.75. The van der Waals surface area contributed by atoms with Crippen LogP contribution in [-0.4, -0.2) is 70.0 Å². The molecule has 7 nitrogen and oxygen atoms in total. The molecule has 27 heavy (non-hydrogen) atoms. The second-order valence-electron chi connectivity index (χ2n) is 7.16. The molecule has 150 valence electrons. The van der Waals surface area contributed by atoms with Gasteiger partial charge >= 0.3 is 0 Å². The predicted molar refractivity (Wildman–Crippen MR) is 103 cm³/mol. The number of nitrogens with one attached hydrogen (secondary N) is 1. The fourth-order valence-electron chi connectivity index (χ4n) is 3.78. The quantitative estimate of drug-likeness (QED) is 0.736. The van der Waals surface area contributed by atoms with E-state index in [1.54, 1.807) is 7.11 Å². The number of carbonyl (C=O) groups is 1. The van der Waals surface area contributed by atoms with E-state index in [0.29, 0.717) is 33.0 Å². The molecule has 2 saturated heterocycles. The average molecular weight is 377 g/mol. The molecule has 2 atom stereocenters. The maximum absolute atomic E-state index is 12.6. The Morgan fingerprint density at radius 2 is 1.81 bits per heavy atom. The Kier molecular flexibility index (Phi) is 7.46. The van der Waals surface area contributed by atoms with E-state index in [1.807, 2.05) is 12.1 Å². The van der Waals surface area contributed by atoms with Gasteiger partial charge in [-0.1, -0.05) is 12.1 Å². The maximum atomic E-state index is 12.6. The summed E-state index contributed by atoms with van der Waals surface area (Å²) < 4.78 is 16.1. The van der Waals surface area contributed by atoms with Crippen LogP contribution in [0.5, 0.6) is 5.75 Å². The van der Waals surface area contributed by atoms with Crippen molar-refractivity contribution in [2.75, 3.05) is 53.2 Å². The third-order valence-corrected chi connectivity index (χ3v) is 5.53. The number of rotatable bonds is 7. The molecule has 2 aliphatic heterocycles. The van der Waals surface area contributed by atoms with Gasteiger partial charge in [0.05, 0.1) is 32.4 Å². The smallest absolute Gasteiger partial charge is 0.237 e. The van der Waals surface area contributed by atoms with Crippen molar-refractivity contribution in [3.63, 3.8) is 0 Å². The van der Waals surface area contributed by atoms with Crippen molar-refractivity contribution in [2.24, 2.45) is 11.7 Å². The van der Waals surface area contributed by atoms with E-state index in [-0.39, 0.29) is 17.9 Å². The summed E-state index contributed by atoms with van der Waals surface area (Å²) in [6, 6.07) is 7.64. The van der Waals surface area contributed by atoms with Crippen molar-refractivity contribution in [1.29, 1.82) is 0 Å². The van der Waals surface area contributed by atoms with Gasteiger partial charge < -0.3 is 25.3 Å². The van der Waals surface area contributed by atoms with Crippen LogP contribution in [0, 0.1) is 5.92 Å². The van der Waals surface area contributed by atoms with Gasteiger partial charge in [0.2, 0.25) is 5.91 Å². The zero-order chi connectivity index (χ0) is 19.1. The van der Waals surface area contributed by atoms with Crippen LogP contribution in [-0.2, 0) is 14.3 Å². The third-order valence-electron chi connectivity index (χ3n) is 5.53. The number of nitrogens with zero attached hydrogens (tertiary/aromatic N) is 1. The van der Waals surface area contributed by atoms with Gasteiger partial charge in [-0.25, -0.2) is 0 Å². The van der Waals surface area contributed by atoms with Gasteiger partial charge in [0, 0.05) is 32.8 Å². The molecule has 0 aromatic heterocycles. The lowest BCUT2D eigenvalue weighted by Gasteiger charge is -2.35. The summed E-state index contributed by atoms with van der Waals surface area (Å²) in [7, 11) is 1.66. The zero-order valence-electron chi connectivity index (χ0n) is 16.1. The Morgan fingerprint density at radius 1 is 1.19 bits per heavy atom. The number of benzene rings is 1. The largest absolute Gasteiger partial charge is 0.497 e. The van der Waals surface area contributed by atoms with Crippen LogP contribution in [0.2, 0.25) is 0 Å². The highest BCUT2D eigenvalue weighted by atomic mass is 16.5. The Balaban J connectivity index is 1.64. The number of methoxy groups -OCH3 is 1. The van der Waals surface area contributed by atoms with Gasteiger partial charge in [0.15, 0.2) is 0 Å². The molecule has 3 rings (SSSR count).